The first-order valence-electron chi connectivity index (χ1n) is 12.5. The molecule has 0 saturated carbocycles. The van der Waals surface area contributed by atoms with E-state index in [1.165, 1.54) is 11.6 Å². The Balaban J connectivity index is 1.53. The van der Waals surface area contributed by atoms with Crippen molar-refractivity contribution in [2.45, 2.75) is 19.5 Å². The van der Waals surface area contributed by atoms with Crippen molar-refractivity contribution in [1.29, 1.82) is 0 Å². The first-order chi connectivity index (χ1) is 18.9. The van der Waals surface area contributed by atoms with E-state index in [9.17, 15) is 14.7 Å². The fourth-order valence-electron chi connectivity index (χ4n) is 4.90. The van der Waals surface area contributed by atoms with Crippen molar-refractivity contribution in [1.82, 2.24) is 23.7 Å². The van der Waals surface area contributed by atoms with Crippen molar-refractivity contribution >= 4 is 33.7 Å². The average Bonchev–Trinajstić information content (AvgIpc) is 3.47. The highest BCUT2D eigenvalue weighted by Crippen LogP contribution is 2.40. The second-order valence-electron chi connectivity index (χ2n) is 9.32. The minimum absolute atomic E-state index is 0.0344. The predicted octanol–water partition coefficient (Wildman–Crippen LogP) is 5.16. The van der Waals surface area contributed by atoms with Crippen LogP contribution < -0.4 is 11.2 Å². The molecular weight excluding hydrogens is 494 g/mol. The summed E-state index contributed by atoms with van der Waals surface area (Å²) in [5.41, 5.74) is 2.30. The van der Waals surface area contributed by atoms with Gasteiger partial charge in [0.05, 0.1) is 18.1 Å². The molecule has 6 rings (SSSR count). The second-order valence-corrected chi connectivity index (χ2v) is 9.32. The number of benzene rings is 3. The Morgan fingerprint density at radius 2 is 1.59 bits per heavy atom. The number of nitrogens with one attached hydrogen (secondary N) is 1. The number of aryl methyl sites for hydroxylation is 1. The van der Waals surface area contributed by atoms with Gasteiger partial charge in [0.1, 0.15) is 0 Å². The van der Waals surface area contributed by atoms with E-state index in [2.05, 4.69) is 20.2 Å². The normalized spacial score (nSPS) is 12.6. The molecule has 10 heteroatoms. The van der Waals surface area contributed by atoms with Gasteiger partial charge in [-0.15, -0.1) is 10.2 Å². The van der Waals surface area contributed by atoms with E-state index in [0.29, 0.717) is 6.54 Å². The summed E-state index contributed by atoms with van der Waals surface area (Å²) in [7, 11) is 1.54. The first-order valence-corrected chi connectivity index (χ1v) is 12.5. The van der Waals surface area contributed by atoms with Crippen molar-refractivity contribution in [2.24, 2.45) is 17.3 Å². The van der Waals surface area contributed by atoms with Gasteiger partial charge in [0.25, 0.3) is 11.5 Å². The Hall–Kier alpha value is -5.25. The van der Waals surface area contributed by atoms with Gasteiger partial charge in [-0.1, -0.05) is 78.9 Å². The maximum absolute atomic E-state index is 13.0. The zero-order valence-corrected chi connectivity index (χ0v) is 21.3. The molecule has 3 heterocycles. The number of hydrogen-bond acceptors (Lipinski definition) is 6. The van der Waals surface area contributed by atoms with Gasteiger partial charge in [-0.25, -0.2) is 4.79 Å². The van der Waals surface area contributed by atoms with E-state index < -0.39 is 11.2 Å². The molecule has 0 bridgehead atoms. The Morgan fingerprint density at radius 3 is 2.33 bits per heavy atom. The Labute approximate surface area is 222 Å². The number of nitrogens with zero attached hydrogens (tertiary/aromatic N) is 6. The smallest absolute Gasteiger partial charge is 0.329 e. The fourth-order valence-corrected chi connectivity index (χ4v) is 4.90. The monoisotopic (exact) mass is 519 g/mol. The Kier molecular flexibility index (Phi) is 5.91. The zero-order chi connectivity index (χ0) is 27.1. The summed E-state index contributed by atoms with van der Waals surface area (Å²) >= 11 is 0. The number of fused-ring (bicyclic) bond motifs is 2. The number of aromatic nitrogens is 5. The molecule has 3 aromatic heterocycles. The molecule has 0 radical (unpaired) electrons. The molecule has 3 aromatic carbocycles. The molecule has 0 amide bonds. The summed E-state index contributed by atoms with van der Waals surface area (Å²) in [6, 6.07) is 26.6. The summed E-state index contributed by atoms with van der Waals surface area (Å²) in [5, 5.41) is 20.9. The van der Waals surface area contributed by atoms with Crippen LogP contribution in [0, 0.1) is 0 Å². The summed E-state index contributed by atoms with van der Waals surface area (Å²) < 4.78 is 4.71. The SMILES string of the molecule is C[C@@H](c1ccccc1)n1c(N=Nc2c(O)n(Cc3ccccc3)c3ccccc23)nc2c1c(=O)[nH]c(=O)n2C. The molecule has 0 aliphatic heterocycles. The third kappa shape index (κ3) is 4.11. The van der Waals surface area contributed by atoms with Crippen LogP contribution in [0.15, 0.2) is 105 Å². The van der Waals surface area contributed by atoms with Gasteiger partial charge in [-0.2, -0.15) is 4.98 Å². The molecule has 0 unspecified atom stereocenters. The number of para-hydroxylation sites is 1. The molecule has 39 heavy (non-hydrogen) atoms. The molecule has 0 fully saturated rings. The van der Waals surface area contributed by atoms with Crippen molar-refractivity contribution in [2.75, 3.05) is 0 Å². The lowest BCUT2D eigenvalue weighted by molar-refractivity contribution is 0.429. The molecule has 0 spiro atoms. The van der Waals surface area contributed by atoms with Gasteiger partial charge in [0.15, 0.2) is 16.9 Å². The highest BCUT2D eigenvalue weighted by molar-refractivity contribution is 5.95. The van der Waals surface area contributed by atoms with Crippen LogP contribution in [0.1, 0.15) is 24.1 Å². The molecule has 0 saturated heterocycles. The number of imidazole rings is 1. The summed E-state index contributed by atoms with van der Waals surface area (Å²) in [5.74, 6) is 0.0974. The largest absolute Gasteiger partial charge is 0.493 e. The fraction of sp³-hybridized carbons (Fsp3) is 0.138. The van der Waals surface area contributed by atoms with Crippen LogP contribution in [-0.4, -0.2) is 28.8 Å². The topological polar surface area (TPSA) is 123 Å². The van der Waals surface area contributed by atoms with Crippen molar-refractivity contribution in [3.05, 3.63) is 117 Å². The van der Waals surface area contributed by atoms with Gasteiger partial charge >= 0.3 is 5.69 Å². The standard InChI is InChI=1S/C29H25N7O3/c1-18(20-13-7-4-8-14-20)36-24-25(34(2)29(39)31-26(24)37)30-28(36)33-32-23-21-15-9-10-16-22(21)35(27(23)38)17-19-11-5-3-6-12-19/h3-16,18,38H,17H2,1-2H3,(H,31,37,39)/t18-/m0/s1. The van der Waals surface area contributed by atoms with Crippen molar-refractivity contribution in [3.8, 4) is 5.88 Å². The van der Waals surface area contributed by atoms with Crippen LogP contribution in [-0.2, 0) is 13.6 Å². The lowest BCUT2D eigenvalue weighted by Gasteiger charge is -2.15. The van der Waals surface area contributed by atoms with Crippen LogP contribution in [0.2, 0.25) is 0 Å². The number of aromatic hydroxyl groups is 1. The zero-order valence-electron chi connectivity index (χ0n) is 21.3. The predicted molar refractivity (Wildman–Crippen MR) is 149 cm³/mol. The van der Waals surface area contributed by atoms with E-state index in [1.807, 2.05) is 91.9 Å². The van der Waals surface area contributed by atoms with Crippen LogP contribution in [0.3, 0.4) is 0 Å². The van der Waals surface area contributed by atoms with Gasteiger partial charge in [-0.05, 0) is 24.1 Å². The van der Waals surface area contributed by atoms with E-state index in [0.717, 1.165) is 22.0 Å². The molecule has 194 valence electrons. The molecule has 0 aliphatic rings. The highest BCUT2D eigenvalue weighted by Gasteiger charge is 2.23. The number of rotatable bonds is 6. The summed E-state index contributed by atoms with van der Waals surface area (Å²) in [4.78, 5) is 32.1. The number of H-pyrrole nitrogens is 1. The maximum Gasteiger partial charge on any atom is 0.329 e. The Bertz CT molecular complexity index is 1970. The van der Waals surface area contributed by atoms with E-state index in [4.69, 9.17) is 0 Å². The number of aromatic amines is 1. The lowest BCUT2D eigenvalue weighted by atomic mass is 10.1. The van der Waals surface area contributed by atoms with Crippen molar-refractivity contribution in [3.63, 3.8) is 0 Å². The van der Waals surface area contributed by atoms with Gasteiger partial charge in [0, 0.05) is 12.4 Å². The van der Waals surface area contributed by atoms with Gasteiger partial charge in [0.2, 0.25) is 5.88 Å². The third-order valence-corrected chi connectivity index (χ3v) is 6.94. The van der Waals surface area contributed by atoms with Crippen LogP contribution >= 0.6 is 0 Å². The summed E-state index contributed by atoms with van der Waals surface area (Å²) in [6.45, 7) is 2.37. The molecule has 1 atom stereocenters. The van der Waals surface area contributed by atoms with E-state index in [-0.39, 0.29) is 34.7 Å². The maximum atomic E-state index is 13.0. The van der Waals surface area contributed by atoms with Crippen LogP contribution in [0.4, 0.5) is 11.6 Å². The minimum atomic E-state index is -0.574. The first kappa shape index (κ1) is 24.1. The van der Waals surface area contributed by atoms with Gasteiger partial charge in [-0.3, -0.25) is 18.9 Å². The minimum Gasteiger partial charge on any atom is -0.493 e. The van der Waals surface area contributed by atoms with E-state index >= 15 is 0 Å². The number of hydrogen-bond donors (Lipinski definition) is 2. The number of azo groups is 1. The quantitative estimate of drug-likeness (QED) is 0.295. The van der Waals surface area contributed by atoms with Crippen LogP contribution in [0.5, 0.6) is 5.88 Å². The molecule has 2 N–H and O–H groups in total. The third-order valence-electron chi connectivity index (χ3n) is 6.94. The molecular formula is C29H25N7O3. The van der Waals surface area contributed by atoms with E-state index in [1.54, 1.807) is 9.13 Å². The highest BCUT2D eigenvalue weighted by atomic mass is 16.3. The Morgan fingerprint density at radius 1 is 0.923 bits per heavy atom. The summed E-state index contributed by atoms with van der Waals surface area (Å²) in [6.07, 6.45) is 0. The molecule has 6 aromatic rings. The molecule has 10 nitrogen and oxygen atoms in total. The average molecular weight is 520 g/mol. The molecule has 0 aliphatic carbocycles. The van der Waals surface area contributed by atoms with Crippen LogP contribution in [0.25, 0.3) is 22.1 Å². The van der Waals surface area contributed by atoms with Crippen molar-refractivity contribution < 1.29 is 5.11 Å². The van der Waals surface area contributed by atoms with Gasteiger partial charge < -0.3 is 9.67 Å². The second kappa shape index (κ2) is 9.56. The lowest BCUT2D eigenvalue weighted by Crippen LogP contribution is -2.29.